The summed E-state index contributed by atoms with van der Waals surface area (Å²) >= 11 is 4.14. The molecule has 128 valence electrons. The maximum atomic E-state index is 12.3. The molecule has 1 aromatic carbocycles. The van der Waals surface area contributed by atoms with E-state index in [1.807, 2.05) is 38.1 Å². The van der Waals surface area contributed by atoms with Crippen molar-refractivity contribution in [2.75, 3.05) is 16.4 Å². The lowest BCUT2D eigenvalue weighted by Crippen LogP contribution is -2.22. The second kappa shape index (κ2) is 9.05. The van der Waals surface area contributed by atoms with Gasteiger partial charge in [0.1, 0.15) is 0 Å². The van der Waals surface area contributed by atoms with Crippen LogP contribution in [0.1, 0.15) is 20.8 Å². The smallest absolute Gasteiger partial charge is 0.239 e. The van der Waals surface area contributed by atoms with Gasteiger partial charge in [-0.3, -0.25) is 14.9 Å². The normalized spacial score (nSPS) is 11.8. The van der Waals surface area contributed by atoms with Crippen molar-refractivity contribution in [2.24, 2.45) is 0 Å². The van der Waals surface area contributed by atoms with E-state index in [2.05, 4.69) is 20.0 Å². The zero-order valence-electron chi connectivity index (χ0n) is 13.5. The van der Waals surface area contributed by atoms with Gasteiger partial charge in [-0.25, -0.2) is 0 Å². The lowest BCUT2D eigenvalue weighted by atomic mass is 10.3. The van der Waals surface area contributed by atoms with E-state index in [0.717, 1.165) is 10.6 Å². The Morgan fingerprint density at radius 2 is 2.12 bits per heavy atom. The quantitative estimate of drug-likeness (QED) is 0.710. The molecule has 0 fully saturated rings. The third-order valence-electron chi connectivity index (χ3n) is 2.75. The first-order valence-electron chi connectivity index (χ1n) is 7.29. The molecule has 0 aliphatic carbocycles. The van der Waals surface area contributed by atoms with Gasteiger partial charge in [-0.05, 0) is 30.9 Å². The van der Waals surface area contributed by atoms with E-state index in [-0.39, 0.29) is 17.1 Å². The minimum absolute atomic E-state index is 0.125. The number of thioether (sulfide) groups is 2. The summed E-state index contributed by atoms with van der Waals surface area (Å²) in [5.74, 6) is 0.634. The maximum Gasteiger partial charge on any atom is 0.239 e. The van der Waals surface area contributed by atoms with Crippen LogP contribution in [0, 0.1) is 0 Å². The second-order valence-electron chi connectivity index (χ2n) is 4.77. The Labute approximate surface area is 153 Å². The van der Waals surface area contributed by atoms with E-state index in [1.54, 1.807) is 0 Å². The summed E-state index contributed by atoms with van der Waals surface area (Å²) in [5, 5.41) is 6.41. The number of carbonyl (C=O) groups is 2. The van der Waals surface area contributed by atoms with Crippen molar-refractivity contribution in [1.82, 2.24) is 9.36 Å². The Morgan fingerprint density at radius 1 is 1.33 bits per heavy atom. The zero-order chi connectivity index (χ0) is 17.5. The number of amides is 2. The number of aromatic nitrogens is 2. The number of hydrogen-bond acceptors (Lipinski definition) is 7. The van der Waals surface area contributed by atoms with Crippen LogP contribution in [-0.2, 0) is 9.59 Å². The molecule has 2 rings (SSSR count). The standard InChI is InChI=1S/C15H18N4O2S3/c1-4-22-15-18-14(24-19-15)17-13(21)9(2)23-12-7-5-6-11(8-12)16-10(3)20/h5-9H,4H2,1-3H3,(H,16,20)(H,17,18,19,21). The van der Waals surface area contributed by atoms with Crippen molar-refractivity contribution >= 4 is 57.7 Å². The topological polar surface area (TPSA) is 84.0 Å². The number of nitrogens with zero attached hydrogens (tertiary/aromatic N) is 2. The third-order valence-corrected chi connectivity index (χ3v) is 5.32. The van der Waals surface area contributed by atoms with Gasteiger partial charge < -0.3 is 5.32 Å². The zero-order valence-corrected chi connectivity index (χ0v) is 16.0. The van der Waals surface area contributed by atoms with Crippen LogP contribution < -0.4 is 10.6 Å². The summed E-state index contributed by atoms with van der Waals surface area (Å²) in [6, 6.07) is 7.40. The Balaban J connectivity index is 1.94. The molecule has 9 heteroatoms. The molecule has 0 spiro atoms. The molecule has 24 heavy (non-hydrogen) atoms. The van der Waals surface area contributed by atoms with Crippen LogP contribution >= 0.6 is 35.1 Å². The lowest BCUT2D eigenvalue weighted by molar-refractivity contribution is -0.115. The van der Waals surface area contributed by atoms with Crippen molar-refractivity contribution in [3.05, 3.63) is 24.3 Å². The van der Waals surface area contributed by atoms with Gasteiger partial charge in [-0.2, -0.15) is 9.36 Å². The number of nitrogens with one attached hydrogen (secondary N) is 2. The Bertz CT molecular complexity index is 720. The second-order valence-corrected chi connectivity index (χ2v) is 8.17. The molecule has 6 nitrogen and oxygen atoms in total. The van der Waals surface area contributed by atoms with Gasteiger partial charge >= 0.3 is 0 Å². The molecule has 0 radical (unpaired) electrons. The molecule has 0 aliphatic heterocycles. The molecule has 2 N–H and O–H groups in total. The van der Waals surface area contributed by atoms with Crippen molar-refractivity contribution in [3.8, 4) is 0 Å². The summed E-state index contributed by atoms with van der Waals surface area (Å²) in [6.07, 6.45) is 0. The summed E-state index contributed by atoms with van der Waals surface area (Å²) in [6.45, 7) is 5.31. The summed E-state index contributed by atoms with van der Waals surface area (Å²) in [4.78, 5) is 28.6. The molecule has 2 aromatic rings. The molecule has 0 aliphatic rings. The van der Waals surface area contributed by atoms with Crippen LogP contribution in [0.5, 0.6) is 0 Å². The van der Waals surface area contributed by atoms with Crippen LogP contribution in [0.25, 0.3) is 0 Å². The summed E-state index contributed by atoms with van der Waals surface area (Å²) in [5.41, 5.74) is 0.713. The molecule has 1 atom stereocenters. The Morgan fingerprint density at radius 3 is 2.83 bits per heavy atom. The Kier molecular flexibility index (Phi) is 7.07. The number of carbonyl (C=O) groups excluding carboxylic acids is 2. The van der Waals surface area contributed by atoms with Crippen molar-refractivity contribution in [3.63, 3.8) is 0 Å². The summed E-state index contributed by atoms with van der Waals surface area (Å²) in [7, 11) is 0. The van der Waals surface area contributed by atoms with Gasteiger partial charge in [-0.15, -0.1) is 11.8 Å². The highest BCUT2D eigenvalue weighted by Gasteiger charge is 2.17. The highest BCUT2D eigenvalue weighted by molar-refractivity contribution is 8.00. The van der Waals surface area contributed by atoms with E-state index in [4.69, 9.17) is 0 Å². The molecule has 0 saturated heterocycles. The fourth-order valence-corrected chi connectivity index (χ4v) is 3.96. The minimum atomic E-state index is -0.302. The van der Waals surface area contributed by atoms with E-state index in [9.17, 15) is 9.59 Å². The minimum Gasteiger partial charge on any atom is -0.326 e. The van der Waals surface area contributed by atoms with E-state index >= 15 is 0 Å². The van der Waals surface area contributed by atoms with Crippen LogP contribution in [0.15, 0.2) is 34.3 Å². The number of hydrogen-bond donors (Lipinski definition) is 2. The molecular formula is C15H18N4O2S3. The van der Waals surface area contributed by atoms with Crippen molar-refractivity contribution in [1.29, 1.82) is 0 Å². The number of rotatable bonds is 7. The van der Waals surface area contributed by atoms with Crippen molar-refractivity contribution < 1.29 is 9.59 Å². The predicted octanol–water partition coefficient (Wildman–Crippen LogP) is 3.73. The lowest BCUT2D eigenvalue weighted by Gasteiger charge is -2.11. The molecule has 0 saturated carbocycles. The SMILES string of the molecule is CCSc1nsc(NC(=O)C(C)Sc2cccc(NC(C)=O)c2)n1. The average Bonchev–Trinajstić information content (AvgIpc) is 2.94. The first-order chi connectivity index (χ1) is 11.5. The Hall–Kier alpha value is -1.58. The van der Waals surface area contributed by atoms with Crippen LogP contribution in [0.2, 0.25) is 0 Å². The first kappa shape index (κ1) is 18.8. The van der Waals surface area contributed by atoms with Gasteiger partial charge in [0.25, 0.3) is 0 Å². The molecular weight excluding hydrogens is 364 g/mol. The predicted molar refractivity (Wildman–Crippen MR) is 101 cm³/mol. The van der Waals surface area contributed by atoms with Gasteiger partial charge in [0, 0.05) is 29.0 Å². The van der Waals surface area contributed by atoms with Gasteiger partial charge in [0.15, 0.2) is 0 Å². The highest BCUT2D eigenvalue weighted by atomic mass is 32.2. The van der Waals surface area contributed by atoms with E-state index in [0.29, 0.717) is 16.0 Å². The highest BCUT2D eigenvalue weighted by Crippen LogP contribution is 2.27. The summed E-state index contributed by atoms with van der Waals surface area (Å²) < 4.78 is 4.17. The molecule has 2 amide bonds. The average molecular weight is 383 g/mol. The molecule has 0 bridgehead atoms. The van der Waals surface area contributed by atoms with Gasteiger partial charge in [0.2, 0.25) is 22.1 Å². The fourth-order valence-electron chi connectivity index (χ4n) is 1.76. The molecule has 1 unspecified atom stereocenters. The van der Waals surface area contributed by atoms with E-state index < -0.39 is 0 Å². The number of anilines is 2. The van der Waals surface area contributed by atoms with Crippen LogP contribution in [-0.4, -0.2) is 32.2 Å². The fraction of sp³-hybridized carbons (Fsp3) is 0.333. The monoisotopic (exact) mass is 382 g/mol. The van der Waals surface area contributed by atoms with E-state index in [1.165, 1.54) is 42.0 Å². The molecule has 1 heterocycles. The van der Waals surface area contributed by atoms with Crippen molar-refractivity contribution in [2.45, 2.75) is 36.1 Å². The molecule has 1 aromatic heterocycles. The van der Waals surface area contributed by atoms with Crippen LogP contribution in [0.4, 0.5) is 10.8 Å². The van der Waals surface area contributed by atoms with Gasteiger partial charge in [0.05, 0.1) is 5.25 Å². The first-order valence-corrected chi connectivity index (χ1v) is 9.93. The third kappa shape index (κ3) is 5.81. The van der Waals surface area contributed by atoms with Gasteiger partial charge in [-0.1, -0.05) is 24.8 Å². The van der Waals surface area contributed by atoms with Crippen LogP contribution in [0.3, 0.4) is 0 Å². The number of benzene rings is 1. The largest absolute Gasteiger partial charge is 0.326 e. The maximum absolute atomic E-state index is 12.3.